The monoisotopic (exact) mass is 382 g/mol. The Morgan fingerprint density at radius 3 is 2.27 bits per heavy atom. The third-order valence-corrected chi connectivity index (χ3v) is 5.07. The number of anilines is 1. The number of halogens is 3. The first kappa shape index (κ1) is 18.0. The van der Waals surface area contributed by atoms with Gasteiger partial charge in [0.15, 0.2) is 5.76 Å². The first-order valence-corrected chi connectivity index (χ1v) is 8.92. The molecule has 0 saturated carbocycles. The first-order chi connectivity index (χ1) is 12.3. The summed E-state index contributed by atoms with van der Waals surface area (Å²) >= 11 is 0. The van der Waals surface area contributed by atoms with E-state index >= 15 is 0 Å². The highest BCUT2D eigenvalue weighted by atomic mass is 32.2. The maximum Gasteiger partial charge on any atom is 0.501 e. The summed E-state index contributed by atoms with van der Waals surface area (Å²) in [7, 11) is -5.34. The molecule has 1 N–H and O–H groups in total. The summed E-state index contributed by atoms with van der Waals surface area (Å²) in [6.45, 7) is 0.241. The van der Waals surface area contributed by atoms with E-state index in [0.29, 0.717) is 17.1 Å². The van der Waals surface area contributed by atoms with Gasteiger partial charge in [0.25, 0.3) is 9.84 Å². The fourth-order valence-electron chi connectivity index (χ4n) is 2.22. The van der Waals surface area contributed by atoms with Crippen LogP contribution in [0, 0.1) is 0 Å². The van der Waals surface area contributed by atoms with Gasteiger partial charge in [-0.25, -0.2) is 8.42 Å². The Morgan fingerprint density at radius 1 is 1.00 bits per heavy atom. The highest BCUT2D eigenvalue weighted by Gasteiger charge is 2.46. The van der Waals surface area contributed by atoms with Crippen LogP contribution >= 0.6 is 0 Å². The van der Waals surface area contributed by atoms with Crippen molar-refractivity contribution in [3.63, 3.8) is 0 Å². The molecule has 136 valence electrons. The van der Waals surface area contributed by atoms with Crippen LogP contribution in [0.25, 0.3) is 11.3 Å². The van der Waals surface area contributed by atoms with E-state index in [1.54, 1.807) is 6.07 Å². The van der Waals surface area contributed by atoms with Gasteiger partial charge in [-0.2, -0.15) is 13.2 Å². The van der Waals surface area contributed by atoms with E-state index < -0.39 is 20.2 Å². The zero-order valence-corrected chi connectivity index (χ0v) is 14.0. The van der Waals surface area contributed by atoms with Crippen LogP contribution in [0.4, 0.5) is 18.9 Å². The Labute approximate surface area is 147 Å². The minimum atomic E-state index is -5.34. The Hall–Kier alpha value is -2.81. The number of alkyl halides is 3. The summed E-state index contributed by atoms with van der Waals surface area (Å²) in [4.78, 5) is -0.804. The molecule has 0 fully saturated rings. The molecule has 2 aromatic carbocycles. The van der Waals surface area contributed by atoms with Gasteiger partial charge >= 0.3 is 5.51 Å². The maximum absolute atomic E-state index is 12.5. The lowest BCUT2D eigenvalue weighted by Crippen LogP contribution is -2.23. The molecule has 26 heavy (non-hydrogen) atoms. The number of aromatic nitrogens is 1. The summed E-state index contributed by atoms with van der Waals surface area (Å²) in [6, 6.07) is 15.5. The fourth-order valence-corrected chi connectivity index (χ4v) is 2.98. The van der Waals surface area contributed by atoms with Gasteiger partial charge in [0.1, 0.15) is 5.69 Å². The average Bonchev–Trinajstić information content (AvgIpc) is 3.09. The summed E-state index contributed by atoms with van der Waals surface area (Å²) in [6.07, 6.45) is 0. The molecule has 0 aliphatic heterocycles. The predicted molar refractivity (Wildman–Crippen MR) is 88.9 cm³/mol. The molecule has 0 bridgehead atoms. The molecule has 0 unspecified atom stereocenters. The molecule has 0 saturated heterocycles. The van der Waals surface area contributed by atoms with Crippen molar-refractivity contribution in [1.82, 2.24) is 5.16 Å². The summed E-state index contributed by atoms with van der Waals surface area (Å²) in [5.74, 6) is 0.524. The molecule has 0 aliphatic rings. The summed E-state index contributed by atoms with van der Waals surface area (Å²) in [5.41, 5.74) is -3.32. The molecule has 0 radical (unpaired) electrons. The van der Waals surface area contributed by atoms with Crippen LogP contribution < -0.4 is 5.32 Å². The molecule has 5 nitrogen and oxygen atoms in total. The van der Waals surface area contributed by atoms with Crippen LogP contribution in [-0.4, -0.2) is 19.1 Å². The SMILES string of the molecule is O=S(=O)(c1ccc(NCc2cc(-c3ccccc3)no2)cc1)C(F)(F)F. The van der Waals surface area contributed by atoms with Crippen molar-refractivity contribution in [2.45, 2.75) is 16.9 Å². The first-order valence-electron chi connectivity index (χ1n) is 7.44. The van der Waals surface area contributed by atoms with Crippen molar-refractivity contribution >= 4 is 15.5 Å². The maximum atomic E-state index is 12.5. The van der Waals surface area contributed by atoms with E-state index in [1.807, 2.05) is 30.3 Å². The third kappa shape index (κ3) is 3.72. The number of nitrogens with zero attached hydrogens (tertiary/aromatic N) is 1. The lowest BCUT2D eigenvalue weighted by atomic mass is 10.1. The molecular formula is C17H13F3N2O3S. The Kier molecular flexibility index (Phi) is 4.73. The number of hydrogen-bond donors (Lipinski definition) is 1. The molecule has 1 heterocycles. The lowest BCUT2D eigenvalue weighted by Gasteiger charge is -2.09. The van der Waals surface area contributed by atoms with Crippen LogP contribution in [0.1, 0.15) is 5.76 Å². The minimum Gasteiger partial charge on any atom is -0.378 e. The molecule has 1 aromatic heterocycles. The van der Waals surface area contributed by atoms with Gasteiger partial charge in [-0.3, -0.25) is 0 Å². The quantitative estimate of drug-likeness (QED) is 0.714. The van der Waals surface area contributed by atoms with E-state index in [4.69, 9.17) is 4.52 Å². The van der Waals surface area contributed by atoms with Gasteiger partial charge in [-0.15, -0.1) is 0 Å². The van der Waals surface area contributed by atoms with Crippen LogP contribution in [0.5, 0.6) is 0 Å². The summed E-state index contributed by atoms with van der Waals surface area (Å²) < 4.78 is 65.4. The van der Waals surface area contributed by atoms with Crippen molar-refractivity contribution in [3.05, 3.63) is 66.4 Å². The van der Waals surface area contributed by atoms with Gasteiger partial charge in [0.2, 0.25) is 0 Å². The van der Waals surface area contributed by atoms with Crippen molar-refractivity contribution in [2.24, 2.45) is 0 Å². The van der Waals surface area contributed by atoms with E-state index in [1.165, 1.54) is 12.1 Å². The summed E-state index contributed by atoms with van der Waals surface area (Å²) in [5, 5.41) is 6.89. The van der Waals surface area contributed by atoms with Gasteiger partial charge in [-0.1, -0.05) is 35.5 Å². The molecule has 9 heteroatoms. The van der Waals surface area contributed by atoms with Crippen LogP contribution in [-0.2, 0) is 16.4 Å². The molecule has 3 aromatic rings. The second kappa shape index (κ2) is 6.83. The Morgan fingerprint density at radius 2 is 1.65 bits per heavy atom. The molecule has 0 aliphatic carbocycles. The van der Waals surface area contributed by atoms with E-state index in [9.17, 15) is 21.6 Å². The van der Waals surface area contributed by atoms with Crippen molar-refractivity contribution in [1.29, 1.82) is 0 Å². The molecule has 0 atom stereocenters. The van der Waals surface area contributed by atoms with Crippen molar-refractivity contribution in [3.8, 4) is 11.3 Å². The Bertz CT molecular complexity index is 982. The van der Waals surface area contributed by atoms with Crippen LogP contribution in [0.15, 0.2) is 70.1 Å². The second-order valence-corrected chi connectivity index (χ2v) is 7.31. The number of benzene rings is 2. The highest BCUT2D eigenvalue weighted by Crippen LogP contribution is 2.30. The Balaban J connectivity index is 1.67. The van der Waals surface area contributed by atoms with Crippen molar-refractivity contribution in [2.75, 3.05) is 5.32 Å². The predicted octanol–water partition coefficient (Wildman–Crippen LogP) is 4.25. The standard InChI is InChI=1S/C17H13F3N2O3S/c18-17(19,20)26(23,24)15-8-6-13(7-9-15)21-11-14-10-16(22-25-14)12-4-2-1-3-5-12/h1-10,21H,11H2. The number of hydrogen-bond acceptors (Lipinski definition) is 5. The minimum absolute atomic E-state index is 0.241. The second-order valence-electron chi connectivity index (χ2n) is 5.37. The number of rotatable bonds is 5. The normalized spacial score (nSPS) is 12.1. The van der Waals surface area contributed by atoms with Gasteiger partial charge in [0.05, 0.1) is 11.4 Å². The topological polar surface area (TPSA) is 72.2 Å². The number of sulfone groups is 1. The lowest BCUT2D eigenvalue weighted by molar-refractivity contribution is -0.0436. The molecular weight excluding hydrogens is 369 g/mol. The average molecular weight is 382 g/mol. The smallest absolute Gasteiger partial charge is 0.378 e. The largest absolute Gasteiger partial charge is 0.501 e. The zero-order chi connectivity index (χ0) is 18.8. The van der Waals surface area contributed by atoms with Crippen LogP contribution in [0.3, 0.4) is 0 Å². The van der Waals surface area contributed by atoms with E-state index in [-0.39, 0.29) is 6.54 Å². The van der Waals surface area contributed by atoms with Gasteiger partial charge in [-0.05, 0) is 24.3 Å². The van der Waals surface area contributed by atoms with Gasteiger partial charge < -0.3 is 9.84 Å². The molecule has 3 rings (SSSR count). The zero-order valence-electron chi connectivity index (χ0n) is 13.2. The third-order valence-electron chi connectivity index (χ3n) is 3.56. The van der Waals surface area contributed by atoms with Crippen molar-refractivity contribution < 1.29 is 26.1 Å². The van der Waals surface area contributed by atoms with Gasteiger partial charge in [0, 0.05) is 17.3 Å². The molecule has 0 spiro atoms. The fraction of sp³-hybridized carbons (Fsp3) is 0.118. The van der Waals surface area contributed by atoms with E-state index in [2.05, 4.69) is 10.5 Å². The number of nitrogens with one attached hydrogen (secondary N) is 1. The molecule has 0 amide bonds. The highest BCUT2D eigenvalue weighted by molar-refractivity contribution is 7.92. The van der Waals surface area contributed by atoms with E-state index in [0.717, 1.165) is 17.7 Å². The van der Waals surface area contributed by atoms with Crippen LogP contribution in [0.2, 0.25) is 0 Å².